The normalized spacial score (nSPS) is 24.3. The number of rotatable bonds is 4. The Hall–Kier alpha value is -2.00. The first-order valence-corrected chi connectivity index (χ1v) is 6.20. The smallest absolute Gasteiger partial charge is 0.129 e. The highest BCUT2D eigenvalue weighted by Crippen LogP contribution is 2.45. The van der Waals surface area contributed by atoms with Crippen molar-refractivity contribution in [1.29, 1.82) is 0 Å². The molecule has 1 aliphatic heterocycles. The van der Waals surface area contributed by atoms with E-state index in [2.05, 4.69) is 26.5 Å². The number of hydrogen-bond acceptors (Lipinski definition) is 3. The molecule has 1 aromatic heterocycles. The van der Waals surface area contributed by atoms with Crippen molar-refractivity contribution in [2.75, 3.05) is 18.0 Å². The van der Waals surface area contributed by atoms with Crippen LogP contribution >= 0.6 is 0 Å². The van der Waals surface area contributed by atoms with E-state index in [9.17, 15) is 0 Å². The van der Waals surface area contributed by atoms with Crippen LogP contribution in [0, 0.1) is 11.8 Å². The fourth-order valence-corrected chi connectivity index (χ4v) is 2.67. The van der Waals surface area contributed by atoms with Crippen LogP contribution in [0.15, 0.2) is 23.8 Å². The van der Waals surface area contributed by atoms with Crippen LogP contribution < -0.4 is 4.90 Å². The molecule has 3 rings (SSSR count). The van der Waals surface area contributed by atoms with Crippen molar-refractivity contribution in [2.45, 2.75) is 13.0 Å². The summed E-state index contributed by atoms with van der Waals surface area (Å²) in [6.07, 6.45) is 3.11. The molecule has 0 N–H and O–H groups in total. The van der Waals surface area contributed by atoms with Crippen molar-refractivity contribution in [3.8, 4) is 0 Å². The van der Waals surface area contributed by atoms with Gasteiger partial charge in [-0.25, -0.2) is 4.98 Å². The first-order chi connectivity index (χ1) is 8.81. The molecule has 18 heavy (non-hydrogen) atoms. The predicted molar refractivity (Wildman–Crippen MR) is 71.0 cm³/mol. The molecule has 0 spiro atoms. The summed E-state index contributed by atoms with van der Waals surface area (Å²) in [5.74, 6) is 2.80. The molecule has 2 atom stereocenters. The molecule has 1 aromatic rings. The van der Waals surface area contributed by atoms with Crippen molar-refractivity contribution in [2.24, 2.45) is 17.0 Å². The van der Waals surface area contributed by atoms with Crippen LogP contribution in [0.2, 0.25) is 0 Å². The van der Waals surface area contributed by atoms with E-state index in [4.69, 9.17) is 5.53 Å². The second-order valence-electron chi connectivity index (χ2n) is 4.97. The van der Waals surface area contributed by atoms with Crippen LogP contribution in [0.5, 0.6) is 0 Å². The number of hydrogen-bond donors (Lipinski definition) is 0. The molecule has 2 heterocycles. The Labute approximate surface area is 106 Å². The van der Waals surface area contributed by atoms with Crippen molar-refractivity contribution < 1.29 is 0 Å². The molecule has 1 aliphatic carbocycles. The molecule has 0 bridgehead atoms. The molecular weight excluding hydrogens is 226 g/mol. The fraction of sp³-hybridized carbons (Fsp3) is 0.462. The second kappa shape index (κ2) is 4.35. The molecule has 0 aromatic carbocycles. The maximum atomic E-state index is 8.36. The molecule has 1 saturated carbocycles. The lowest BCUT2D eigenvalue weighted by atomic mass is 10.2. The molecule has 5 heteroatoms. The highest BCUT2D eigenvalue weighted by atomic mass is 15.2. The van der Waals surface area contributed by atoms with Crippen LogP contribution in [0.3, 0.4) is 0 Å². The topological polar surface area (TPSA) is 64.9 Å². The number of pyridine rings is 1. The highest BCUT2D eigenvalue weighted by Gasteiger charge is 2.45. The van der Waals surface area contributed by atoms with Crippen molar-refractivity contribution in [3.63, 3.8) is 0 Å². The first-order valence-electron chi connectivity index (χ1n) is 6.20. The monoisotopic (exact) mass is 241 g/mol. The lowest BCUT2D eigenvalue weighted by Crippen LogP contribution is -2.23. The van der Waals surface area contributed by atoms with Gasteiger partial charge in [0.1, 0.15) is 5.82 Å². The Bertz CT molecular complexity index is 522. The van der Waals surface area contributed by atoms with Gasteiger partial charge in [0.2, 0.25) is 0 Å². The van der Waals surface area contributed by atoms with E-state index in [1.165, 1.54) is 6.42 Å². The van der Waals surface area contributed by atoms with Gasteiger partial charge < -0.3 is 4.90 Å². The molecule has 2 aliphatic rings. The average Bonchev–Trinajstić information content (AvgIpc) is 3.02. The van der Waals surface area contributed by atoms with E-state index in [1.54, 1.807) is 6.08 Å². The highest BCUT2D eigenvalue weighted by molar-refractivity contribution is 5.53. The van der Waals surface area contributed by atoms with E-state index in [0.717, 1.165) is 42.0 Å². The van der Waals surface area contributed by atoms with Gasteiger partial charge in [0.15, 0.2) is 0 Å². The number of nitrogens with zero attached hydrogens (tertiary/aromatic N) is 5. The van der Waals surface area contributed by atoms with Gasteiger partial charge >= 0.3 is 0 Å². The van der Waals surface area contributed by atoms with Gasteiger partial charge in [-0.3, -0.25) is 0 Å². The summed E-state index contributed by atoms with van der Waals surface area (Å²) < 4.78 is 0. The first kappa shape index (κ1) is 11.1. The zero-order valence-electron chi connectivity index (χ0n) is 10.2. The predicted octanol–water partition coefficient (Wildman–Crippen LogP) is 2.99. The molecule has 1 saturated heterocycles. The van der Waals surface area contributed by atoms with Crippen LogP contribution in [-0.4, -0.2) is 18.1 Å². The summed E-state index contributed by atoms with van der Waals surface area (Å²) in [5, 5.41) is 3.58. The molecular formula is C13H15N5. The van der Waals surface area contributed by atoms with Crippen molar-refractivity contribution >= 4 is 11.9 Å². The number of azide groups is 1. The number of fused-ring (bicyclic) bond motifs is 1. The van der Waals surface area contributed by atoms with Crippen LogP contribution in [-0.2, 0) is 6.54 Å². The zero-order chi connectivity index (χ0) is 12.5. The quantitative estimate of drug-likeness (QED) is 0.462. The van der Waals surface area contributed by atoms with Gasteiger partial charge in [-0.05, 0) is 41.5 Å². The Kier molecular flexibility index (Phi) is 2.68. The Morgan fingerprint density at radius 3 is 2.94 bits per heavy atom. The van der Waals surface area contributed by atoms with Gasteiger partial charge in [0.05, 0.1) is 12.2 Å². The molecule has 0 radical (unpaired) electrons. The third kappa shape index (κ3) is 1.93. The van der Waals surface area contributed by atoms with Gasteiger partial charge in [0, 0.05) is 18.0 Å². The average molecular weight is 241 g/mol. The lowest BCUT2D eigenvalue weighted by Gasteiger charge is -2.20. The zero-order valence-corrected chi connectivity index (χ0v) is 10.2. The van der Waals surface area contributed by atoms with E-state index in [-0.39, 0.29) is 0 Å². The summed E-state index contributed by atoms with van der Waals surface area (Å²) in [6, 6.07) is 4.00. The van der Waals surface area contributed by atoms with Crippen LogP contribution in [0.4, 0.5) is 5.82 Å². The summed E-state index contributed by atoms with van der Waals surface area (Å²) >= 11 is 0. The molecule has 92 valence electrons. The van der Waals surface area contributed by atoms with Crippen molar-refractivity contribution in [1.82, 2.24) is 4.98 Å². The number of anilines is 1. The largest absolute Gasteiger partial charge is 0.356 e. The number of piperidine rings is 1. The SMILES string of the molecule is C=Cc1nc(N2CC3CC3C2)ccc1CN=[N+]=[N-]. The minimum absolute atomic E-state index is 0.330. The minimum atomic E-state index is 0.330. The third-order valence-corrected chi connectivity index (χ3v) is 3.80. The molecule has 2 fully saturated rings. The maximum absolute atomic E-state index is 8.36. The fourth-order valence-electron chi connectivity index (χ4n) is 2.67. The minimum Gasteiger partial charge on any atom is -0.356 e. The van der Waals surface area contributed by atoms with Crippen LogP contribution in [0.25, 0.3) is 16.5 Å². The second-order valence-corrected chi connectivity index (χ2v) is 4.97. The molecule has 5 nitrogen and oxygen atoms in total. The third-order valence-electron chi connectivity index (χ3n) is 3.80. The Morgan fingerprint density at radius 1 is 1.50 bits per heavy atom. The van der Waals surface area contributed by atoms with Crippen LogP contribution in [0.1, 0.15) is 17.7 Å². The van der Waals surface area contributed by atoms with E-state index < -0.39 is 0 Å². The Balaban J connectivity index is 1.83. The summed E-state index contributed by atoms with van der Waals surface area (Å²) in [7, 11) is 0. The molecule has 0 amide bonds. The van der Waals surface area contributed by atoms with Crippen molar-refractivity contribution in [3.05, 3.63) is 40.4 Å². The molecule has 2 unspecified atom stereocenters. The van der Waals surface area contributed by atoms with E-state index in [0.29, 0.717) is 6.54 Å². The Morgan fingerprint density at radius 2 is 2.28 bits per heavy atom. The van der Waals surface area contributed by atoms with Gasteiger partial charge in [-0.2, -0.15) is 0 Å². The van der Waals surface area contributed by atoms with E-state index >= 15 is 0 Å². The maximum Gasteiger partial charge on any atom is 0.129 e. The van der Waals surface area contributed by atoms with Gasteiger partial charge in [0.25, 0.3) is 0 Å². The summed E-state index contributed by atoms with van der Waals surface area (Å²) in [5.41, 5.74) is 10.1. The van der Waals surface area contributed by atoms with E-state index in [1.807, 2.05) is 12.1 Å². The lowest BCUT2D eigenvalue weighted by molar-refractivity contribution is 0.803. The summed E-state index contributed by atoms with van der Waals surface area (Å²) in [4.78, 5) is 9.72. The van der Waals surface area contributed by atoms with Gasteiger partial charge in [-0.1, -0.05) is 17.8 Å². The summed E-state index contributed by atoms with van der Waals surface area (Å²) in [6.45, 7) is 6.36. The number of aromatic nitrogens is 1. The van der Waals surface area contributed by atoms with Gasteiger partial charge in [-0.15, -0.1) is 0 Å². The standard InChI is InChI=1S/C13H15N5/c1-2-12-9(6-15-17-14)3-4-13(16-12)18-7-10-5-11(10)8-18/h2-4,10-11H,1,5-8H2.